The Kier molecular flexibility index (Phi) is 8.43. The first kappa shape index (κ1) is 23.2. The summed E-state index contributed by atoms with van der Waals surface area (Å²) in [5.41, 5.74) is 1.22. The molecular weight excluding hydrogens is 394 g/mol. The molecule has 2 fully saturated rings. The van der Waals surface area contributed by atoms with Gasteiger partial charge in [0.05, 0.1) is 13.1 Å². The maximum Gasteiger partial charge on any atom is 0.253 e. The summed E-state index contributed by atoms with van der Waals surface area (Å²) in [5.74, 6) is 0.109. The number of anilines is 1. The third-order valence-corrected chi connectivity index (χ3v) is 6.09. The van der Waals surface area contributed by atoms with Crippen LogP contribution in [0.3, 0.4) is 0 Å². The van der Waals surface area contributed by atoms with Crippen LogP contribution in [0, 0.1) is 0 Å². The number of carbonyl (C=O) groups excluding carboxylic acids is 3. The summed E-state index contributed by atoms with van der Waals surface area (Å²) in [7, 11) is 0. The van der Waals surface area contributed by atoms with Crippen LogP contribution < -0.4 is 5.32 Å². The van der Waals surface area contributed by atoms with Crippen molar-refractivity contribution in [2.45, 2.75) is 26.7 Å². The lowest BCUT2D eigenvalue weighted by atomic mass is 10.1. The van der Waals surface area contributed by atoms with E-state index in [1.807, 2.05) is 18.7 Å². The number of likely N-dealkylation sites (tertiary alicyclic amines) is 1. The molecule has 1 N–H and O–H groups in total. The highest BCUT2D eigenvalue weighted by Crippen LogP contribution is 2.14. The maximum absolute atomic E-state index is 12.5. The van der Waals surface area contributed by atoms with Crippen LogP contribution in [0.2, 0.25) is 0 Å². The van der Waals surface area contributed by atoms with E-state index in [9.17, 15) is 14.4 Å². The molecule has 1 aromatic carbocycles. The zero-order valence-electron chi connectivity index (χ0n) is 18.8. The molecule has 0 aliphatic carbocycles. The van der Waals surface area contributed by atoms with Gasteiger partial charge in [-0.25, -0.2) is 0 Å². The first-order valence-electron chi connectivity index (χ1n) is 11.4. The lowest BCUT2D eigenvalue weighted by Crippen LogP contribution is -2.51. The highest BCUT2D eigenvalue weighted by atomic mass is 16.2. The third-order valence-electron chi connectivity index (χ3n) is 6.09. The van der Waals surface area contributed by atoms with Crippen LogP contribution in [0.15, 0.2) is 24.3 Å². The second-order valence-corrected chi connectivity index (χ2v) is 8.25. The van der Waals surface area contributed by atoms with E-state index in [0.29, 0.717) is 37.4 Å². The minimum atomic E-state index is -0.0889. The largest absolute Gasteiger partial charge is 0.342 e. The average molecular weight is 430 g/mol. The number of nitrogens with one attached hydrogen (secondary N) is 1. The molecule has 8 heteroatoms. The quantitative estimate of drug-likeness (QED) is 0.675. The van der Waals surface area contributed by atoms with Gasteiger partial charge in [0, 0.05) is 63.6 Å². The lowest BCUT2D eigenvalue weighted by Gasteiger charge is -2.34. The fourth-order valence-electron chi connectivity index (χ4n) is 4.19. The summed E-state index contributed by atoms with van der Waals surface area (Å²) in [5, 5.41) is 2.91. The zero-order valence-corrected chi connectivity index (χ0v) is 18.8. The number of hydrogen-bond acceptors (Lipinski definition) is 5. The fraction of sp³-hybridized carbons (Fsp3) is 0.609. The molecule has 170 valence electrons. The zero-order chi connectivity index (χ0) is 22.2. The Labute approximate surface area is 185 Å². The Morgan fingerprint density at radius 3 is 2.13 bits per heavy atom. The number of piperazine rings is 1. The van der Waals surface area contributed by atoms with Gasteiger partial charge in [-0.2, -0.15) is 0 Å². The van der Waals surface area contributed by atoms with E-state index in [1.165, 1.54) is 0 Å². The number of nitrogens with zero attached hydrogens (tertiary/aromatic N) is 4. The smallest absolute Gasteiger partial charge is 0.253 e. The van der Waals surface area contributed by atoms with Crippen molar-refractivity contribution in [2.75, 3.05) is 70.8 Å². The summed E-state index contributed by atoms with van der Waals surface area (Å²) in [4.78, 5) is 45.4. The van der Waals surface area contributed by atoms with Gasteiger partial charge < -0.3 is 15.1 Å². The Hall–Kier alpha value is -2.45. The Balaban J connectivity index is 1.44. The minimum absolute atomic E-state index is 0.0271. The monoisotopic (exact) mass is 429 g/mol. The molecule has 0 aromatic heterocycles. The van der Waals surface area contributed by atoms with Gasteiger partial charge in [0.2, 0.25) is 11.8 Å². The first-order valence-corrected chi connectivity index (χ1v) is 11.4. The standard InChI is InChI=1S/C23H35N5O3/c1-3-27(4-2)23(31)19-8-7-9-20(16-19)24-21(29)17-25-12-14-26(15-13-25)18-22(30)28-10-5-6-11-28/h7-9,16H,3-6,10-15,17-18H2,1-2H3,(H,24,29). The molecule has 2 heterocycles. The van der Waals surface area contributed by atoms with Crippen molar-refractivity contribution in [2.24, 2.45) is 0 Å². The molecular formula is C23H35N5O3. The second-order valence-electron chi connectivity index (χ2n) is 8.25. The molecule has 0 spiro atoms. The number of hydrogen-bond donors (Lipinski definition) is 1. The lowest BCUT2D eigenvalue weighted by molar-refractivity contribution is -0.132. The summed E-state index contributed by atoms with van der Waals surface area (Å²) in [6, 6.07) is 7.11. The van der Waals surface area contributed by atoms with Gasteiger partial charge in [-0.1, -0.05) is 6.07 Å². The van der Waals surface area contributed by atoms with Crippen molar-refractivity contribution in [1.29, 1.82) is 0 Å². The van der Waals surface area contributed by atoms with Gasteiger partial charge in [-0.05, 0) is 44.9 Å². The van der Waals surface area contributed by atoms with Crippen molar-refractivity contribution < 1.29 is 14.4 Å². The van der Waals surface area contributed by atoms with E-state index in [-0.39, 0.29) is 17.7 Å². The number of rotatable bonds is 8. The SMILES string of the molecule is CCN(CC)C(=O)c1cccc(NC(=O)CN2CCN(CC(=O)N3CCCC3)CC2)c1. The Bertz CT molecular complexity index is 766. The molecule has 8 nitrogen and oxygen atoms in total. The van der Waals surface area contributed by atoms with Crippen LogP contribution >= 0.6 is 0 Å². The molecule has 0 radical (unpaired) electrons. The van der Waals surface area contributed by atoms with Gasteiger partial charge in [0.1, 0.15) is 0 Å². The normalized spacial score (nSPS) is 17.5. The summed E-state index contributed by atoms with van der Waals surface area (Å²) >= 11 is 0. The number of benzene rings is 1. The van der Waals surface area contributed by atoms with Gasteiger partial charge in [0.15, 0.2) is 0 Å². The van der Waals surface area contributed by atoms with Crippen molar-refractivity contribution in [3.05, 3.63) is 29.8 Å². The second kappa shape index (κ2) is 11.2. The molecule has 3 amide bonds. The molecule has 0 saturated carbocycles. The number of carbonyl (C=O) groups is 3. The van der Waals surface area contributed by atoms with Gasteiger partial charge in [0.25, 0.3) is 5.91 Å². The molecule has 0 bridgehead atoms. The number of amides is 3. The van der Waals surface area contributed by atoms with Crippen molar-refractivity contribution in [1.82, 2.24) is 19.6 Å². The highest BCUT2D eigenvalue weighted by Gasteiger charge is 2.24. The van der Waals surface area contributed by atoms with Crippen LogP contribution in [0.4, 0.5) is 5.69 Å². The molecule has 2 aliphatic rings. The Morgan fingerprint density at radius 1 is 0.903 bits per heavy atom. The average Bonchev–Trinajstić information content (AvgIpc) is 3.31. The van der Waals surface area contributed by atoms with E-state index in [1.54, 1.807) is 29.2 Å². The van der Waals surface area contributed by atoms with Crippen LogP contribution in [-0.4, -0.2) is 103 Å². The predicted molar refractivity (Wildman–Crippen MR) is 121 cm³/mol. The van der Waals surface area contributed by atoms with Gasteiger partial charge >= 0.3 is 0 Å². The van der Waals surface area contributed by atoms with Gasteiger partial charge in [-0.3, -0.25) is 24.2 Å². The molecule has 0 atom stereocenters. The topological polar surface area (TPSA) is 76.2 Å². The summed E-state index contributed by atoms with van der Waals surface area (Å²) < 4.78 is 0. The summed E-state index contributed by atoms with van der Waals surface area (Å²) in [6.45, 7) is 10.9. The fourth-order valence-corrected chi connectivity index (χ4v) is 4.19. The van der Waals surface area contributed by atoms with E-state index in [0.717, 1.165) is 52.1 Å². The van der Waals surface area contributed by atoms with Crippen molar-refractivity contribution in [3.8, 4) is 0 Å². The predicted octanol–water partition coefficient (Wildman–Crippen LogP) is 1.35. The van der Waals surface area contributed by atoms with E-state index >= 15 is 0 Å². The van der Waals surface area contributed by atoms with E-state index in [2.05, 4.69) is 15.1 Å². The van der Waals surface area contributed by atoms with Crippen molar-refractivity contribution in [3.63, 3.8) is 0 Å². The molecule has 0 unspecified atom stereocenters. The minimum Gasteiger partial charge on any atom is -0.342 e. The van der Waals surface area contributed by atoms with E-state index < -0.39 is 0 Å². The maximum atomic E-state index is 12.5. The molecule has 31 heavy (non-hydrogen) atoms. The van der Waals surface area contributed by atoms with Gasteiger partial charge in [-0.15, -0.1) is 0 Å². The van der Waals surface area contributed by atoms with Crippen LogP contribution in [0.5, 0.6) is 0 Å². The summed E-state index contributed by atoms with van der Waals surface area (Å²) in [6.07, 6.45) is 2.22. The molecule has 2 aliphatic heterocycles. The third kappa shape index (κ3) is 6.51. The molecule has 1 aromatic rings. The van der Waals surface area contributed by atoms with E-state index in [4.69, 9.17) is 0 Å². The Morgan fingerprint density at radius 2 is 1.52 bits per heavy atom. The van der Waals surface area contributed by atoms with Crippen LogP contribution in [-0.2, 0) is 9.59 Å². The highest BCUT2D eigenvalue weighted by molar-refractivity contribution is 5.97. The first-order chi connectivity index (χ1) is 15.0. The van der Waals surface area contributed by atoms with Crippen LogP contribution in [0.25, 0.3) is 0 Å². The molecule has 3 rings (SSSR count). The van der Waals surface area contributed by atoms with Crippen LogP contribution in [0.1, 0.15) is 37.0 Å². The van der Waals surface area contributed by atoms with Crippen molar-refractivity contribution >= 4 is 23.4 Å². The molecule has 2 saturated heterocycles.